The molecule has 8 nitrogen and oxygen atoms in total. The van der Waals surface area contributed by atoms with Crippen LogP contribution in [0, 0.1) is 22.7 Å². The Hall–Kier alpha value is -4.30. The Morgan fingerprint density at radius 2 is 1.83 bits per heavy atom. The van der Waals surface area contributed by atoms with Gasteiger partial charge in [0.2, 0.25) is 5.91 Å². The van der Waals surface area contributed by atoms with Crippen LogP contribution in [0.5, 0.6) is 0 Å². The molecule has 3 aromatic rings. The van der Waals surface area contributed by atoms with Gasteiger partial charge in [0.25, 0.3) is 0 Å². The number of amides is 3. The van der Waals surface area contributed by atoms with Crippen LogP contribution in [0.2, 0.25) is 0 Å². The van der Waals surface area contributed by atoms with Gasteiger partial charge in [0.1, 0.15) is 6.04 Å². The van der Waals surface area contributed by atoms with E-state index in [1.165, 1.54) is 0 Å². The van der Waals surface area contributed by atoms with E-state index in [9.17, 15) is 9.59 Å². The highest BCUT2D eigenvalue weighted by molar-refractivity contribution is 5.94. The van der Waals surface area contributed by atoms with E-state index >= 15 is 0 Å². The molecule has 3 rings (SSSR count). The van der Waals surface area contributed by atoms with Crippen molar-refractivity contribution in [3.05, 3.63) is 65.9 Å². The largest absolute Gasteiger partial charge is 0.361 e. The number of carbonyl (C=O) groups excluding carboxylic acids is 2. The number of anilines is 1. The maximum absolute atomic E-state index is 12.6. The maximum atomic E-state index is 12.6. The molecule has 0 aliphatic rings. The van der Waals surface area contributed by atoms with Crippen LogP contribution in [0.1, 0.15) is 17.5 Å². The Bertz CT molecular complexity index is 1120. The summed E-state index contributed by atoms with van der Waals surface area (Å²) in [6, 6.07) is 16.7. The van der Waals surface area contributed by atoms with E-state index in [-0.39, 0.29) is 25.3 Å². The number of benzene rings is 2. The van der Waals surface area contributed by atoms with Gasteiger partial charge < -0.3 is 20.9 Å². The molecule has 1 unspecified atom stereocenters. The van der Waals surface area contributed by atoms with Crippen LogP contribution in [0.4, 0.5) is 10.5 Å². The second-order valence-electron chi connectivity index (χ2n) is 6.60. The molecule has 1 heterocycles. The Morgan fingerprint density at radius 1 is 1.07 bits per heavy atom. The summed E-state index contributed by atoms with van der Waals surface area (Å²) in [5.74, 6) is -0.370. The fraction of sp³-hybridized carbons (Fsp3) is 0.182. The molecule has 0 radical (unpaired) electrons. The lowest BCUT2D eigenvalue weighted by molar-refractivity contribution is -0.122. The van der Waals surface area contributed by atoms with Crippen LogP contribution in [0.25, 0.3) is 10.9 Å². The number of para-hydroxylation sites is 1. The van der Waals surface area contributed by atoms with Crippen molar-refractivity contribution in [1.82, 2.24) is 15.6 Å². The third-order valence-corrected chi connectivity index (χ3v) is 4.53. The first-order chi connectivity index (χ1) is 14.6. The number of rotatable bonds is 7. The summed E-state index contributed by atoms with van der Waals surface area (Å²) in [5.41, 5.74) is 2.82. The number of nitrogens with one attached hydrogen (secondary N) is 4. The Kier molecular flexibility index (Phi) is 6.65. The number of hydrogen-bond donors (Lipinski definition) is 4. The van der Waals surface area contributed by atoms with Crippen molar-refractivity contribution in [2.45, 2.75) is 18.9 Å². The lowest BCUT2D eigenvalue weighted by atomic mass is 10.0. The average Bonchev–Trinajstić information content (AvgIpc) is 3.17. The number of nitriles is 2. The first-order valence-electron chi connectivity index (χ1n) is 9.38. The number of H-pyrrole nitrogens is 1. The van der Waals surface area contributed by atoms with E-state index in [1.807, 2.05) is 42.6 Å². The van der Waals surface area contributed by atoms with Gasteiger partial charge in [-0.25, -0.2) is 4.79 Å². The molecule has 150 valence electrons. The molecule has 0 bridgehead atoms. The monoisotopic (exact) mass is 400 g/mol. The van der Waals surface area contributed by atoms with Crippen LogP contribution in [0.15, 0.2) is 54.7 Å². The summed E-state index contributed by atoms with van der Waals surface area (Å²) in [6.45, 7) is 0.207. The fourth-order valence-electron chi connectivity index (χ4n) is 3.05. The van der Waals surface area contributed by atoms with E-state index in [4.69, 9.17) is 10.5 Å². The molecule has 1 aromatic heterocycles. The van der Waals surface area contributed by atoms with Crippen LogP contribution in [-0.2, 0) is 11.2 Å². The molecular weight excluding hydrogens is 380 g/mol. The van der Waals surface area contributed by atoms with Crippen molar-refractivity contribution in [3.63, 3.8) is 0 Å². The lowest BCUT2D eigenvalue weighted by Crippen LogP contribution is -2.49. The molecule has 0 aliphatic heterocycles. The van der Waals surface area contributed by atoms with Crippen molar-refractivity contribution in [3.8, 4) is 12.1 Å². The predicted molar refractivity (Wildman–Crippen MR) is 112 cm³/mol. The molecule has 4 N–H and O–H groups in total. The van der Waals surface area contributed by atoms with E-state index in [2.05, 4.69) is 20.9 Å². The molecule has 0 spiro atoms. The number of aromatic nitrogens is 1. The molecule has 1 atom stereocenters. The zero-order valence-corrected chi connectivity index (χ0v) is 16.1. The topological polar surface area (TPSA) is 134 Å². The highest BCUT2D eigenvalue weighted by Gasteiger charge is 2.22. The minimum atomic E-state index is -0.832. The summed E-state index contributed by atoms with van der Waals surface area (Å²) < 4.78 is 0. The minimum absolute atomic E-state index is 0.184. The van der Waals surface area contributed by atoms with Crippen molar-refractivity contribution >= 4 is 28.5 Å². The van der Waals surface area contributed by atoms with Crippen molar-refractivity contribution in [1.29, 1.82) is 10.5 Å². The first-order valence-corrected chi connectivity index (χ1v) is 9.38. The molecular formula is C22H20N6O2. The number of nitrogens with zero attached hydrogens (tertiary/aromatic N) is 2. The zero-order chi connectivity index (χ0) is 21.3. The van der Waals surface area contributed by atoms with E-state index in [1.54, 1.807) is 24.3 Å². The lowest BCUT2D eigenvalue weighted by Gasteiger charge is -2.18. The van der Waals surface area contributed by atoms with Gasteiger partial charge in [-0.05, 0) is 35.9 Å². The van der Waals surface area contributed by atoms with Crippen LogP contribution < -0.4 is 16.0 Å². The Labute approximate surface area is 173 Å². The van der Waals surface area contributed by atoms with Gasteiger partial charge in [-0.15, -0.1) is 0 Å². The molecule has 3 amide bonds. The number of fused-ring (bicyclic) bond motifs is 1. The normalized spacial score (nSPS) is 11.1. The molecule has 0 saturated heterocycles. The summed E-state index contributed by atoms with van der Waals surface area (Å²) in [6.07, 6.45) is 2.28. The molecule has 30 heavy (non-hydrogen) atoms. The second kappa shape index (κ2) is 9.76. The molecule has 0 aliphatic carbocycles. The van der Waals surface area contributed by atoms with E-state index in [0.29, 0.717) is 11.3 Å². The number of urea groups is 1. The Morgan fingerprint density at radius 3 is 2.57 bits per heavy atom. The first kappa shape index (κ1) is 20.4. The average molecular weight is 400 g/mol. The SMILES string of the molecule is N#CCCNC(=O)C(Cc1c[nH]c2ccccc12)NC(=O)Nc1ccc(C#N)cc1. The van der Waals surface area contributed by atoms with Gasteiger partial charge in [-0.1, -0.05) is 18.2 Å². The molecule has 2 aromatic carbocycles. The minimum Gasteiger partial charge on any atom is -0.361 e. The number of carbonyl (C=O) groups is 2. The van der Waals surface area contributed by atoms with Gasteiger partial charge >= 0.3 is 6.03 Å². The third kappa shape index (κ3) is 5.15. The summed E-state index contributed by atoms with van der Waals surface area (Å²) in [7, 11) is 0. The molecule has 0 saturated carbocycles. The molecule has 8 heteroatoms. The number of aromatic amines is 1. The van der Waals surface area contributed by atoms with Crippen LogP contribution in [0.3, 0.4) is 0 Å². The number of hydrogen-bond acceptors (Lipinski definition) is 4. The summed E-state index contributed by atoms with van der Waals surface area (Å²) >= 11 is 0. The van der Waals surface area contributed by atoms with Crippen molar-refractivity contribution in [2.75, 3.05) is 11.9 Å². The Balaban J connectivity index is 1.73. The van der Waals surface area contributed by atoms with Gasteiger partial charge in [-0.3, -0.25) is 4.79 Å². The summed E-state index contributed by atoms with van der Waals surface area (Å²) in [5, 5.41) is 26.6. The van der Waals surface area contributed by atoms with Crippen molar-refractivity contribution < 1.29 is 9.59 Å². The standard InChI is InChI=1S/C22H20N6O2/c23-10-3-11-25-21(29)20(12-16-14-26-19-5-2-1-4-18(16)19)28-22(30)27-17-8-6-15(13-24)7-9-17/h1-2,4-9,14,20,26H,3,11-12H2,(H,25,29)(H2,27,28,30). The second-order valence-corrected chi connectivity index (χ2v) is 6.60. The zero-order valence-electron chi connectivity index (χ0n) is 16.1. The van der Waals surface area contributed by atoms with E-state index in [0.717, 1.165) is 16.5 Å². The van der Waals surface area contributed by atoms with Crippen molar-refractivity contribution in [2.24, 2.45) is 0 Å². The maximum Gasteiger partial charge on any atom is 0.319 e. The molecule has 0 fully saturated rings. The van der Waals surface area contributed by atoms with Crippen LogP contribution in [-0.4, -0.2) is 29.5 Å². The van der Waals surface area contributed by atoms with E-state index < -0.39 is 12.1 Å². The summed E-state index contributed by atoms with van der Waals surface area (Å²) in [4.78, 5) is 28.3. The van der Waals surface area contributed by atoms with Crippen LogP contribution >= 0.6 is 0 Å². The van der Waals surface area contributed by atoms with Gasteiger partial charge in [-0.2, -0.15) is 10.5 Å². The third-order valence-electron chi connectivity index (χ3n) is 4.53. The van der Waals surface area contributed by atoms with Gasteiger partial charge in [0, 0.05) is 35.8 Å². The van der Waals surface area contributed by atoms with Gasteiger partial charge in [0.15, 0.2) is 0 Å². The smallest absolute Gasteiger partial charge is 0.319 e. The highest BCUT2D eigenvalue weighted by atomic mass is 16.2. The predicted octanol–water partition coefficient (Wildman–Crippen LogP) is 2.80. The fourth-order valence-corrected chi connectivity index (χ4v) is 3.05. The van der Waals surface area contributed by atoms with Gasteiger partial charge in [0.05, 0.1) is 24.1 Å². The quantitative estimate of drug-likeness (QED) is 0.454. The highest BCUT2D eigenvalue weighted by Crippen LogP contribution is 2.19.